The number of imidazole rings is 1. The van der Waals surface area contributed by atoms with Crippen LogP contribution in [0.15, 0.2) is 53.3 Å². The first-order valence-corrected chi connectivity index (χ1v) is 7.17. The fourth-order valence-electron chi connectivity index (χ4n) is 2.28. The summed E-state index contributed by atoms with van der Waals surface area (Å²) in [5.41, 5.74) is 2.65. The van der Waals surface area contributed by atoms with Crippen LogP contribution in [-0.2, 0) is 18.4 Å². The van der Waals surface area contributed by atoms with E-state index in [1.54, 1.807) is 11.6 Å². The van der Waals surface area contributed by atoms with Crippen LogP contribution in [0.3, 0.4) is 0 Å². The van der Waals surface area contributed by atoms with E-state index in [1.165, 1.54) is 0 Å². The van der Waals surface area contributed by atoms with Crippen molar-refractivity contribution in [2.24, 2.45) is 7.05 Å². The molecule has 5 heteroatoms. The molecule has 0 bridgehead atoms. The Labute approximate surface area is 128 Å². The molecule has 22 heavy (non-hydrogen) atoms. The highest BCUT2D eigenvalue weighted by Gasteiger charge is 2.04. The molecule has 0 saturated carbocycles. The Morgan fingerprint density at radius 3 is 2.73 bits per heavy atom. The Balaban J connectivity index is 1.51. The van der Waals surface area contributed by atoms with Gasteiger partial charge in [0.2, 0.25) is 0 Å². The van der Waals surface area contributed by atoms with Crippen molar-refractivity contribution in [2.45, 2.75) is 6.61 Å². The number of aromatic nitrogens is 2. The minimum absolute atomic E-state index is 0.127. The van der Waals surface area contributed by atoms with E-state index in [-0.39, 0.29) is 5.69 Å². The fraction of sp³-hybridized carbons (Fsp3) is 0.235. The zero-order valence-corrected chi connectivity index (χ0v) is 12.4. The van der Waals surface area contributed by atoms with Crippen molar-refractivity contribution in [3.05, 3.63) is 64.6 Å². The molecule has 114 valence electrons. The van der Waals surface area contributed by atoms with E-state index >= 15 is 0 Å². The van der Waals surface area contributed by atoms with Crippen LogP contribution >= 0.6 is 0 Å². The lowest BCUT2D eigenvalue weighted by atomic mass is 10.2. The molecule has 0 fully saturated rings. The first-order chi connectivity index (χ1) is 10.7. The molecule has 0 spiro atoms. The van der Waals surface area contributed by atoms with Crippen molar-refractivity contribution >= 4 is 11.0 Å². The van der Waals surface area contributed by atoms with E-state index in [2.05, 4.69) is 4.98 Å². The first-order valence-electron chi connectivity index (χ1n) is 7.17. The Morgan fingerprint density at radius 1 is 1.09 bits per heavy atom. The van der Waals surface area contributed by atoms with Crippen molar-refractivity contribution < 1.29 is 9.47 Å². The van der Waals surface area contributed by atoms with E-state index in [9.17, 15) is 4.79 Å². The first kappa shape index (κ1) is 14.4. The van der Waals surface area contributed by atoms with Gasteiger partial charge >= 0.3 is 5.69 Å². The molecule has 2 aromatic carbocycles. The molecule has 3 rings (SSSR count). The highest BCUT2D eigenvalue weighted by molar-refractivity contribution is 5.76. The summed E-state index contributed by atoms with van der Waals surface area (Å²) in [7, 11) is 1.73. The van der Waals surface area contributed by atoms with E-state index in [0.717, 1.165) is 22.3 Å². The van der Waals surface area contributed by atoms with Gasteiger partial charge in [0.25, 0.3) is 0 Å². The van der Waals surface area contributed by atoms with E-state index < -0.39 is 0 Å². The summed E-state index contributed by atoms with van der Waals surface area (Å²) in [5.74, 6) is 0.727. The van der Waals surface area contributed by atoms with Crippen LogP contribution in [0.4, 0.5) is 0 Å². The molecule has 0 aliphatic heterocycles. The maximum Gasteiger partial charge on any atom is 0.326 e. The number of H-pyrrole nitrogens is 1. The van der Waals surface area contributed by atoms with Gasteiger partial charge in [-0.15, -0.1) is 0 Å². The SMILES string of the molecule is Cn1c(=O)[nH]c2ccc(OCCOCc3ccccc3)cc21. The number of hydrogen-bond acceptors (Lipinski definition) is 3. The number of aryl methyl sites for hydroxylation is 1. The van der Waals surface area contributed by atoms with E-state index in [4.69, 9.17) is 9.47 Å². The summed E-state index contributed by atoms with van der Waals surface area (Å²) in [6, 6.07) is 15.6. The average molecular weight is 298 g/mol. The van der Waals surface area contributed by atoms with Gasteiger partial charge in [0.05, 0.1) is 24.2 Å². The number of benzene rings is 2. The lowest BCUT2D eigenvalue weighted by Gasteiger charge is -2.07. The third-order valence-corrected chi connectivity index (χ3v) is 3.48. The third kappa shape index (κ3) is 3.20. The fourth-order valence-corrected chi connectivity index (χ4v) is 2.28. The molecule has 3 aromatic rings. The Hall–Kier alpha value is -2.53. The van der Waals surface area contributed by atoms with Crippen molar-refractivity contribution in [3.8, 4) is 5.75 Å². The lowest BCUT2D eigenvalue weighted by Crippen LogP contribution is -2.11. The third-order valence-electron chi connectivity index (χ3n) is 3.48. The van der Waals surface area contributed by atoms with Crippen LogP contribution in [0.1, 0.15) is 5.56 Å². The van der Waals surface area contributed by atoms with Gasteiger partial charge in [-0.2, -0.15) is 0 Å². The van der Waals surface area contributed by atoms with Crippen LogP contribution in [-0.4, -0.2) is 22.8 Å². The van der Waals surface area contributed by atoms with Crippen LogP contribution in [0.2, 0.25) is 0 Å². The Morgan fingerprint density at radius 2 is 1.91 bits per heavy atom. The zero-order chi connectivity index (χ0) is 15.4. The normalized spacial score (nSPS) is 11.0. The number of ether oxygens (including phenoxy) is 2. The van der Waals surface area contributed by atoms with Crippen molar-refractivity contribution in [2.75, 3.05) is 13.2 Å². The molecular formula is C17H18N2O3. The second kappa shape index (κ2) is 6.49. The maximum absolute atomic E-state index is 11.5. The van der Waals surface area contributed by atoms with E-state index in [0.29, 0.717) is 19.8 Å². The van der Waals surface area contributed by atoms with Gasteiger partial charge in [0, 0.05) is 13.1 Å². The Kier molecular flexibility index (Phi) is 4.25. The second-order valence-electron chi connectivity index (χ2n) is 5.05. The molecule has 0 aliphatic carbocycles. The summed E-state index contributed by atoms with van der Waals surface area (Å²) in [5, 5.41) is 0. The highest BCUT2D eigenvalue weighted by atomic mass is 16.5. The summed E-state index contributed by atoms with van der Waals surface area (Å²) in [6.07, 6.45) is 0. The molecule has 0 saturated heterocycles. The number of aromatic amines is 1. The summed E-state index contributed by atoms with van der Waals surface area (Å²) < 4.78 is 12.8. The van der Waals surface area contributed by atoms with Gasteiger partial charge in [0.1, 0.15) is 12.4 Å². The van der Waals surface area contributed by atoms with Crippen LogP contribution in [0.25, 0.3) is 11.0 Å². The molecule has 0 unspecified atom stereocenters. The Bertz CT molecular complexity index is 806. The van der Waals surface area contributed by atoms with Crippen molar-refractivity contribution in [1.82, 2.24) is 9.55 Å². The van der Waals surface area contributed by atoms with Gasteiger partial charge in [-0.25, -0.2) is 4.79 Å². The minimum Gasteiger partial charge on any atom is -0.491 e. The highest BCUT2D eigenvalue weighted by Crippen LogP contribution is 2.18. The van der Waals surface area contributed by atoms with Gasteiger partial charge in [0.15, 0.2) is 0 Å². The minimum atomic E-state index is -0.127. The summed E-state index contributed by atoms with van der Waals surface area (Å²) >= 11 is 0. The predicted molar refractivity (Wildman–Crippen MR) is 85.1 cm³/mol. The second-order valence-corrected chi connectivity index (χ2v) is 5.05. The van der Waals surface area contributed by atoms with Crippen molar-refractivity contribution in [3.63, 3.8) is 0 Å². The van der Waals surface area contributed by atoms with Gasteiger partial charge in [-0.1, -0.05) is 30.3 Å². The molecule has 0 aliphatic rings. The standard InChI is InChI=1S/C17H18N2O3/c1-19-16-11-14(7-8-15(16)18-17(19)20)22-10-9-21-12-13-5-3-2-4-6-13/h2-8,11H,9-10,12H2,1H3,(H,18,20). The number of nitrogens with zero attached hydrogens (tertiary/aromatic N) is 1. The topological polar surface area (TPSA) is 56.2 Å². The maximum atomic E-state index is 11.5. The molecule has 0 amide bonds. The average Bonchev–Trinajstić information content (AvgIpc) is 2.83. The zero-order valence-electron chi connectivity index (χ0n) is 12.4. The summed E-state index contributed by atoms with van der Waals surface area (Å²) in [4.78, 5) is 14.3. The molecule has 0 atom stereocenters. The number of rotatable bonds is 6. The quantitative estimate of drug-likeness (QED) is 0.711. The van der Waals surface area contributed by atoms with Crippen LogP contribution in [0, 0.1) is 0 Å². The number of nitrogens with one attached hydrogen (secondary N) is 1. The molecule has 5 nitrogen and oxygen atoms in total. The molecule has 1 aromatic heterocycles. The molecule has 1 N–H and O–H groups in total. The predicted octanol–water partition coefficient (Wildman–Crippen LogP) is 2.46. The van der Waals surface area contributed by atoms with Crippen molar-refractivity contribution in [1.29, 1.82) is 0 Å². The molecule has 0 radical (unpaired) electrons. The van der Waals surface area contributed by atoms with Crippen LogP contribution in [0.5, 0.6) is 5.75 Å². The smallest absolute Gasteiger partial charge is 0.326 e. The van der Waals surface area contributed by atoms with Gasteiger partial charge < -0.3 is 14.5 Å². The molecular weight excluding hydrogens is 280 g/mol. The molecule has 1 heterocycles. The van der Waals surface area contributed by atoms with Gasteiger partial charge in [-0.05, 0) is 17.7 Å². The largest absolute Gasteiger partial charge is 0.491 e. The summed E-state index contributed by atoms with van der Waals surface area (Å²) in [6.45, 7) is 1.56. The monoisotopic (exact) mass is 298 g/mol. The lowest BCUT2D eigenvalue weighted by molar-refractivity contribution is 0.0889. The number of hydrogen-bond donors (Lipinski definition) is 1. The van der Waals surface area contributed by atoms with E-state index in [1.807, 2.05) is 48.5 Å². The van der Waals surface area contributed by atoms with Crippen LogP contribution < -0.4 is 10.4 Å². The number of fused-ring (bicyclic) bond motifs is 1. The van der Waals surface area contributed by atoms with Gasteiger partial charge in [-0.3, -0.25) is 4.57 Å².